The Balaban J connectivity index is 4.16. The Labute approximate surface area is 172 Å². The van der Waals surface area contributed by atoms with E-state index in [1.807, 2.05) is 27.7 Å². The van der Waals surface area contributed by atoms with Crippen LogP contribution in [0.15, 0.2) is 0 Å². The van der Waals surface area contributed by atoms with Crippen LogP contribution >= 0.6 is 15.5 Å². The summed E-state index contributed by atoms with van der Waals surface area (Å²) in [6.45, 7) is 7.20. The summed E-state index contributed by atoms with van der Waals surface area (Å²) < 4.78 is 55.6. The molecule has 0 aromatic heterocycles. The molecule has 170 valence electrons. The van der Waals surface area contributed by atoms with Crippen molar-refractivity contribution >= 4 is 37.1 Å². The maximum atomic E-state index is 12.1. The number of hydrogen-bond donors (Lipinski definition) is 4. The van der Waals surface area contributed by atoms with E-state index in [0.717, 1.165) is 0 Å². The van der Waals surface area contributed by atoms with Crippen LogP contribution in [0.25, 0.3) is 0 Å². The van der Waals surface area contributed by atoms with Crippen molar-refractivity contribution in [2.45, 2.75) is 40.5 Å². The first-order chi connectivity index (χ1) is 12.4. The summed E-state index contributed by atoms with van der Waals surface area (Å²) in [5.41, 5.74) is 8.93. The van der Waals surface area contributed by atoms with Crippen LogP contribution in [-0.4, -0.2) is 54.4 Å². The van der Waals surface area contributed by atoms with Crippen LogP contribution in [0.3, 0.4) is 0 Å². The largest absolute Gasteiger partial charge is 0.400 e. The molecule has 0 fully saturated rings. The first kappa shape index (κ1) is 28.5. The fourth-order valence-corrected chi connectivity index (χ4v) is 6.37. The summed E-state index contributed by atoms with van der Waals surface area (Å²) in [5, 5.41) is 0. The van der Waals surface area contributed by atoms with E-state index in [1.165, 1.54) is 0 Å². The van der Waals surface area contributed by atoms with E-state index in [9.17, 15) is 17.5 Å². The fourth-order valence-electron chi connectivity index (χ4n) is 1.85. The molecule has 0 aliphatic carbocycles. The lowest BCUT2D eigenvalue weighted by atomic mass is 9.92. The second kappa shape index (κ2) is 11.8. The highest BCUT2D eigenvalue weighted by atomic mass is 32.2. The van der Waals surface area contributed by atoms with Gasteiger partial charge in [0, 0.05) is 44.6 Å². The second-order valence-electron chi connectivity index (χ2n) is 8.20. The van der Waals surface area contributed by atoms with Crippen LogP contribution in [0.1, 0.15) is 40.5 Å². The minimum Gasteiger partial charge on any atom is -0.313 e. The average molecular weight is 485 g/mol. The molecule has 0 aromatic rings. The van der Waals surface area contributed by atoms with Crippen LogP contribution in [0.4, 0.5) is 0 Å². The van der Waals surface area contributed by atoms with Crippen molar-refractivity contribution in [3.63, 3.8) is 0 Å². The van der Waals surface area contributed by atoms with Gasteiger partial charge in [0.15, 0.2) is 0 Å². The van der Waals surface area contributed by atoms with Crippen LogP contribution in [0.2, 0.25) is 0 Å². The zero-order chi connectivity index (χ0) is 22.2. The highest BCUT2D eigenvalue weighted by Crippen LogP contribution is 2.36. The highest BCUT2D eigenvalue weighted by Gasteiger charge is 2.25. The topological polar surface area (TPSA) is 179 Å². The molecule has 4 atom stereocenters. The molecular formula is C14H34N2O8P2S2. The Morgan fingerprint density at radius 2 is 1.04 bits per heavy atom. The van der Waals surface area contributed by atoms with Crippen LogP contribution in [0.5, 0.6) is 0 Å². The number of hydrogen-bond acceptors (Lipinski definition) is 6. The van der Waals surface area contributed by atoms with Gasteiger partial charge >= 0.3 is 15.5 Å². The molecule has 0 radical (unpaired) electrons. The molecule has 0 amide bonds. The van der Waals surface area contributed by atoms with Gasteiger partial charge < -0.3 is 9.79 Å². The van der Waals surface area contributed by atoms with Gasteiger partial charge in [0.2, 0.25) is 0 Å². The standard InChI is InChI=1S/C14H34N2O8P2S2/c1-13(2,11-23-25(15,17)18)5-7-27(21)9-10-28(22)8-6-14(3,4)12-24-26(16,19)20/h5-12H2,1-4H3,(H3,15,17,18)(H3,16,19,20). The van der Waals surface area contributed by atoms with Gasteiger partial charge in [-0.3, -0.25) is 17.5 Å². The first-order valence-electron chi connectivity index (χ1n) is 8.63. The summed E-state index contributed by atoms with van der Waals surface area (Å²) in [4.78, 5) is 17.9. The summed E-state index contributed by atoms with van der Waals surface area (Å²) in [6.07, 6.45) is 0.994. The van der Waals surface area contributed by atoms with E-state index < -0.39 is 47.9 Å². The third kappa shape index (κ3) is 17.4. The Kier molecular flexibility index (Phi) is 12.0. The lowest BCUT2D eigenvalue weighted by Crippen LogP contribution is -2.24. The lowest BCUT2D eigenvalue weighted by molar-refractivity contribution is 0.157. The molecule has 4 unspecified atom stereocenters. The molecule has 10 nitrogen and oxygen atoms in total. The SMILES string of the molecule is CC(C)(CCS(=O)CCS(=O)CCC(C)(C)COP(N)(=O)O)COP(N)(=O)O. The molecule has 0 spiro atoms. The molecule has 28 heavy (non-hydrogen) atoms. The molecule has 0 aliphatic rings. The quantitative estimate of drug-likeness (QED) is 0.249. The zero-order valence-corrected chi connectivity index (χ0v) is 20.3. The normalized spacial score (nSPS) is 19.6. The van der Waals surface area contributed by atoms with E-state index in [2.05, 4.69) is 0 Å². The molecule has 0 heterocycles. The van der Waals surface area contributed by atoms with Crippen molar-refractivity contribution in [3.05, 3.63) is 0 Å². The smallest absolute Gasteiger partial charge is 0.313 e. The molecular weight excluding hydrogens is 450 g/mol. The van der Waals surface area contributed by atoms with Gasteiger partial charge in [0.1, 0.15) is 0 Å². The zero-order valence-electron chi connectivity index (χ0n) is 16.9. The van der Waals surface area contributed by atoms with E-state index in [-0.39, 0.29) is 24.7 Å². The predicted molar refractivity (Wildman–Crippen MR) is 112 cm³/mol. The number of rotatable bonds is 15. The lowest BCUT2D eigenvalue weighted by Gasteiger charge is -2.25. The van der Waals surface area contributed by atoms with Crippen LogP contribution in [-0.2, 0) is 39.8 Å². The van der Waals surface area contributed by atoms with Crippen molar-refractivity contribution in [2.24, 2.45) is 21.8 Å². The predicted octanol–water partition coefficient (Wildman–Crippen LogP) is 1.47. The Morgan fingerprint density at radius 1 is 0.750 bits per heavy atom. The van der Waals surface area contributed by atoms with E-state index in [4.69, 9.17) is 29.8 Å². The van der Waals surface area contributed by atoms with Gasteiger partial charge in [-0.25, -0.2) is 20.1 Å². The van der Waals surface area contributed by atoms with Gasteiger partial charge in [-0.15, -0.1) is 0 Å². The second-order valence-corrected chi connectivity index (χ2v) is 14.4. The minimum absolute atomic E-state index is 0.0267. The van der Waals surface area contributed by atoms with Gasteiger partial charge in [-0.05, 0) is 23.7 Å². The van der Waals surface area contributed by atoms with Crippen molar-refractivity contribution in [1.29, 1.82) is 0 Å². The van der Waals surface area contributed by atoms with Crippen molar-refractivity contribution in [3.8, 4) is 0 Å². The van der Waals surface area contributed by atoms with E-state index in [0.29, 0.717) is 24.3 Å². The molecule has 6 N–H and O–H groups in total. The van der Waals surface area contributed by atoms with Crippen molar-refractivity contribution < 1.29 is 36.4 Å². The van der Waals surface area contributed by atoms with Crippen LogP contribution in [0, 0.1) is 10.8 Å². The fraction of sp³-hybridized carbons (Fsp3) is 1.00. The molecule has 0 saturated carbocycles. The molecule has 14 heteroatoms. The average Bonchev–Trinajstić information content (AvgIpc) is 2.52. The highest BCUT2D eigenvalue weighted by molar-refractivity contribution is 7.88. The first-order valence-corrected chi connectivity index (χ1v) is 14.9. The van der Waals surface area contributed by atoms with Gasteiger partial charge in [-0.2, -0.15) is 0 Å². The number of nitrogens with two attached hydrogens (primary N) is 2. The summed E-state index contributed by atoms with van der Waals surface area (Å²) >= 11 is 0. The third-order valence-electron chi connectivity index (χ3n) is 3.83. The molecule has 0 aromatic carbocycles. The Bertz CT molecular complexity index is 579. The Morgan fingerprint density at radius 3 is 1.29 bits per heavy atom. The van der Waals surface area contributed by atoms with Crippen molar-refractivity contribution in [2.75, 3.05) is 36.2 Å². The Hall–Kier alpha value is 0.520. The molecule has 0 bridgehead atoms. The van der Waals surface area contributed by atoms with E-state index >= 15 is 0 Å². The maximum absolute atomic E-state index is 12.1. The van der Waals surface area contributed by atoms with Crippen LogP contribution < -0.4 is 11.0 Å². The monoisotopic (exact) mass is 484 g/mol. The minimum atomic E-state index is -4.03. The summed E-state index contributed by atoms with van der Waals surface area (Å²) in [6, 6.07) is 0. The van der Waals surface area contributed by atoms with Crippen molar-refractivity contribution in [1.82, 2.24) is 0 Å². The van der Waals surface area contributed by atoms with E-state index in [1.54, 1.807) is 0 Å². The van der Waals surface area contributed by atoms with Gasteiger partial charge in [-0.1, -0.05) is 27.7 Å². The summed E-state index contributed by atoms with van der Waals surface area (Å²) in [7, 11) is -10.4. The maximum Gasteiger partial charge on any atom is 0.400 e. The van der Waals surface area contributed by atoms with Gasteiger partial charge in [0.05, 0.1) is 13.2 Å². The molecule has 0 saturated heterocycles. The molecule has 0 aliphatic heterocycles. The third-order valence-corrected chi connectivity index (χ3v) is 7.73. The summed E-state index contributed by atoms with van der Waals surface area (Å²) in [5.74, 6) is 1.28. The molecule has 0 rings (SSSR count). The van der Waals surface area contributed by atoms with Gasteiger partial charge in [0.25, 0.3) is 0 Å².